The predicted octanol–water partition coefficient (Wildman–Crippen LogP) is 5.53. The Morgan fingerprint density at radius 1 is 1.23 bits per heavy atom. The third kappa shape index (κ3) is 5.58. The van der Waals surface area contributed by atoms with Crippen LogP contribution in [0.15, 0.2) is 42.9 Å². The smallest absolute Gasteiger partial charge is 0.352 e. The molecule has 4 rings (SSSR count). The van der Waals surface area contributed by atoms with E-state index in [9.17, 15) is 26.7 Å². The van der Waals surface area contributed by atoms with Gasteiger partial charge in [0.25, 0.3) is 11.8 Å². The Balaban J connectivity index is 1.60. The van der Waals surface area contributed by atoms with Crippen LogP contribution in [-0.4, -0.2) is 50.8 Å². The van der Waals surface area contributed by atoms with Gasteiger partial charge in [-0.25, -0.2) is 18.7 Å². The molecule has 1 fully saturated rings. The van der Waals surface area contributed by atoms with Crippen LogP contribution < -0.4 is 5.32 Å². The zero-order chi connectivity index (χ0) is 25.4. The summed E-state index contributed by atoms with van der Waals surface area (Å²) in [5.74, 6) is -4.31. The summed E-state index contributed by atoms with van der Waals surface area (Å²) in [4.78, 5) is 27.8. The molecule has 12 heteroatoms. The molecule has 4 heterocycles. The van der Waals surface area contributed by atoms with E-state index in [0.29, 0.717) is 23.0 Å². The van der Waals surface area contributed by atoms with Crippen molar-refractivity contribution in [1.29, 1.82) is 0 Å². The standard InChI is InChI=1S/C23H22F5N5OS/c1-13-8-22(24,25)12-33(18(13)11-32-21-30-9-15(10-31-21)23(26,27)28)20(34)16-7-14(2)35-19(16)17-5-3-4-6-29-17/h3-7,9-10,13,18H,8,11-12H2,1-2H3,(H,30,31,32)/t13-,18?/m1/s1. The second-order valence-corrected chi connectivity index (χ2v) is 9.78. The number of carbonyl (C=O) groups excluding carboxylic acids is 1. The molecule has 186 valence electrons. The van der Waals surface area contributed by atoms with E-state index in [4.69, 9.17) is 0 Å². The molecule has 0 aromatic carbocycles. The molecule has 3 aromatic heterocycles. The van der Waals surface area contributed by atoms with Crippen molar-refractivity contribution in [3.8, 4) is 10.6 Å². The largest absolute Gasteiger partial charge is 0.419 e. The summed E-state index contributed by atoms with van der Waals surface area (Å²) in [6.45, 7) is 2.66. The van der Waals surface area contributed by atoms with Crippen LogP contribution >= 0.6 is 11.3 Å². The van der Waals surface area contributed by atoms with Gasteiger partial charge in [0, 0.05) is 36.4 Å². The first kappa shape index (κ1) is 25.0. The van der Waals surface area contributed by atoms with Crippen molar-refractivity contribution in [2.45, 2.75) is 38.4 Å². The lowest BCUT2D eigenvalue weighted by molar-refractivity contribution is -0.138. The van der Waals surface area contributed by atoms with Crippen molar-refractivity contribution >= 4 is 23.2 Å². The van der Waals surface area contributed by atoms with E-state index in [2.05, 4.69) is 20.3 Å². The van der Waals surface area contributed by atoms with E-state index in [1.165, 1.54) is 11.3 Å². The van der Waals surface area contributed by atoms with Crippen molar-refractivity contribution in [2.75, 3.05) is 18.4 Å². The molecule has 2 atom stereocenters. The van der Waals surface area contributed by atoms with Crippen LogP contribution in [0.5, 0.6) is 0 Å². The van der Waals surface area contributed by atoms with Gasteiger partial charge in [0.2, 0.25) is 5.95 Å². The highest BCUT2D eigenvalue weighted by atomic mass is 32.1. The maximum absolute atomic E-state index is 14.5. The fourth-order valence-electron chi connectivity index (χ4n) is 4.16. The summed E-state index contributed by atoms with van der Waals surface area (Å²) in [5, 5.41) is 2.80. The number of likely N-dealkylation sites (tertiary alicyclic amines) is 1. The average molecular weight is 512 g/mol. The molecule has 0 spiro atoms. The maximum atomic E-state index is 14.5. The van der Waals surface area contributed by atoms with E-state index < -0.39 is 48.5 Å². The number of piperidine rings is 1. The van der Waals surface area contributed by atoms with Crippen molar-refractivity contribution in [3.63, 3.8) is 0 Å². The Labute approximate surface area is 202 Å². The molecule has 1 saturated heterocycles. The van der Waals surface area contributed by atoms with Gasteiger partial charge in [-0.3, -0.25) is 9.78 Å². The van der Waals surface area contributed by atoms with Gasteiger partial charge in [0.1, 0.15) is 0 Å². The number of hydrogen-bond donors (Lipinski definition) is 1. The second-order valence-electron chi connectivity index (χ2n) is 8.53. The van der Waals surface area contributed by atoms with Crippen LogP contribution in [0.25, 0.3) is 10.6 Å². The molecule has 0 radical (unpaired) electrons. The van der Waals surface area contributed by atoms with Gasteiger partial charge >= 0.3 is 6.18 Å². The number of aryl methyl sites for hydroxylation is 1. The number of thiophene rings is 1. The van der Waals surface area contributed by atoms with E-state index in [1.54, 1.807) is 37.4 Å². The molecule has 3 aromatic rings. The quantitative estimate of drug-likeness (QED) is 0.457. The molecule has 0 aliphatic carbocycles. The molecular weight excluding hydrogens is 489 g/mol. The number of halogens is 5. The number of nitrogens with zero attached hydrogens (tertiary/aromatic N) is 4. The van der Waals surface area contributed by atoms with Crippen molar-refractivity contribution in [2.24, 2.45) is 5.92 Å². The zero-order valence-corrected chi connectivity index (χ0v) is 19.6. The highest BCUT2D eigenvalue weighted by Gasteiger charge is 2.46. The molecule has 1 aliphatic rings. The Morgan fingerprint density at radius 2 is 1.94 bits per heavy atom. The highest BCUT2D eigenvalue weighted by Crippen LogP contribution is 2.38. The van der Waals surface area contributed by atoms with Crippen LogP contribution in [0.2, 0.25) is 0 Å². The molecule has 1 unspecified atom stereocenters. The number of anilines is 1. The molecule has 6 nitrogen and oxygen atoms in total. The minimum absolute atomic E-state index is 0.00358. The van der Waals surface area contributed by atoms with E-state index >= 15 is 0 Å². The lowest BCUT2D eigenvalue weighted by atomic mass is 9.88. The summed E-state index contributed by atoms with van der Waals surface area (Å²) in [6, 6.07) is 6.27. The number of hydrogen-bond acceptors (Lipinski definition) is 6. The van der Waals surface area contributed by atoms with Crippen LogP contribution in [0, 0.1) is 12.8 Å². The Kier molecular flexibility index (Phi) is 6.76. The lowest BCUT2D eigenvalue weighted by Crippen LogP contribution is -2.57. The van der Waals surface area contributed by atoms with Crippen molar-refractivity contribution in [1.82, 2.24) is 19.9 Å². The Morgan fingerprint density at radius 3 is 2.57 bits per heavy atom. The monoisotopic (exact) mass is 511 g/mol. The van der Waals surface area contributed by atoms with Gasteiger partial charge < -0.3 is 10.2 Å². The second kappa shape index (κ2) is 9.48. The normalized spacial score (nSPS) is 20.0. The summed E-state index contributed by atoms with van der Waals surface area (Å²) in [7, 11) is 0. The fraction of sp³-hybridized carbons (Fsp3) is 0.391. The fourth-order valence-corrected chi connectivity index (χ4v) is 5.14. The van der Waals surface area contributed by atoms with Crippen molar-refractivity contribution in [3.05, 3.63) is 58.9 Å². The first-order valence-electron chi connectivity index (χ1n) is 10.8. The van der Waals surface area contributed by atoms with Crippen molar-refractivity contribution < 1.29 is 26.7 Å². The molecule has 0 saturated carbocycles. The van der Waals surface area contributed by atoms with Crippen LogP contribution in [-0.2, 0) is 6.18 Å². The molecule has 1 aliphatic heterocycles. The number of alkyl halides is 5. The van der Waals surface area contributed by atoms with Gasteiger partial charge in [0.15, 0.2) is 0 Å². The molecule has 0 bridgehead atoms. The lowest BCUT2D eigenvalue weighted by Gasteiger charge is -2.43. The Bertz CT molecular complexity index is 1180. The highest BCUT2D eigenvalue weighted by molar-refractivity contribution is 7.15. The summed E-state index contributed by atoms with van der Waals surface area (Å²) in [5.41, 5.74) is -0.147. The molecule has 1 N–H and O–H groups in total. The van der Waals surface area contributed by atoms with E-state index in [-0.39, 0.29) is 18.1 Å². The number of amides is 1. The first-order chi connectivity index (χ1) is 16.4. The number of carbonyl (C=O) groups is 1. The SMILES string of the molecule is Cc1cc(C(=O)N2CC(F)(F)C[C@@H](C)C2CNc2ncc(C(F)(F)F)cn2)c(-c2ccccn2)s1. The third-order valence-electron chi connectivity index (χ3n) is 5.77. The van der Waals surface area contributed by atoms with E-state index in [1.807, 2.05) is 6.92 Å². The maximum Gasteiger partial charge on any atom is 0.419 e. The average Bonchev–Trinajstić information content (AvgIpc) is 3.19. The summed E-state index contributed by atoms with van der Waals surface area (Å²) in [6.07, 6.45) is -2.12. The van der Waals surface area contributed by atoms with Crippen LogP contribution in [0.3, 0.4) is 0 Å². The zero-order valence-electron chi connectivity index (χ0n) is 18.8. The minimum atomic E-state index is -4.57. The summed E-state index contributed by atoms with van der Waals surface area (Å²) >= 11 is 1.35. The number of rotatable bonds is 5. The summed E-state index contributed by atoms with van der Waals surface area (Å²) < 4.78 is 67.4. The van der Waals surface area contributed by atoms with Gasteiger partial charge in [-0.1, -0.05) is 13.0 Å². The predicted molar refractivity (Wildman–Crippen MR) is 121 cm³/mol. The number of aromatic nitrogens is 3. The Hall–Kier alpha value is -3.15. The minimum Gasteiger partial charge on any atom is -0.352 e. The molecule has 35 heavy (non-hydrogen) atoms. The van der Waals surface area contributed by atoms with Gasteiger partial charge in [0.05, 0.1) is 34.3 Å². The van der Waals surface area contributed by atoms with Gasteiger partial charge in [-0.2, -0.15) is 13.2 Å². The topological polar surface area (TPSA) is 71.0 Å². The third-order valence-corrected chi connectivity index (χ3v) is 6.85. The first-order valence-corrected chi connectivity index (χ1v) is 11.6. The number of nitrogens with one attached hydrogen (secondary N) is 1. The van der Waals surface area contributed by atoms with Crippen LogP contribution in [0.1, 0.15) is 34.1 Å². The van der Waals surface area contributed by atoms with Gasteiger partial charge in [-0.05, 0) is 31.0 Å². The number of pyridine rings is 1. The van der Waals surface area contributed by atoms with Gasteiger partial charge in [-0.15, -0.1) is 11.3 Å². The van der Waals surface area contributed by atoms with E-state index in [0.717, 1.165) is 9.78 Å². The molecular formula is C23H22F5N5OS. The molecule has 1 amide bonds. The van der Waals surface area contributed by atoms with Crippen LogP contribution in [0.4, 0.5) is 27.9 Å².